The van der Waals surface area contributed by atoms with Crippen molar-refractivity contribution in [1.82, 2.24) is 14.8 Å². The van der Waals surface area contributed by atoms with Crippen molar-refractivity contribution >= 4 is 16.6 Å². The van der Waals surface area contributed by atoms with Crippen molar-refractivity contribution in [3.05, 3.63) is 88.9 Å². The van der Waals surface area contributed by atoms with Crippen LogP contribution in [0.2, 0.25) is 0 Å². The van der Waals surface area contributed by atoms with Crippen molar-refractivity contribution in [3.8, 4) is 11.4 Å². The molecule has 0 N–H and O–H groups in total. The summed E-state index contributed by atoms with van der Waals surface area (Å²) in [4.78, 5) is 8.38. The lowest BCUT2D eigenvalue weighted by atomic mass is 10.1. The molecule has 0 unspecified atom stereocenters. The first-order chi connectivity index (χ1) is 12.7. The summed E-state index contributed by atoms with van der Waals surface area (Å²) < 4.78 is 1.99. The predicted molar refractivity (Wildman–Crippen MR) is 104 cm³/mol. The van der Waals surface area contributed by atoms with Gasteiger partial charge in [0.1, 0.15) is 5.69 Å². The van der Waals surface area contributed by atoms with Crippen molar-refractivity contribution in [2.24, 2.45) is 0 Å². The number of para-hydroxylation sites is 1. The minimum absolute atomic E-state index is 0.575. The SMILES string of the molecule is [C-]#[N+]c1c(C)cc(C)nc1-c1nn(Cc2ccccc2)c2ccccc12. The van der Waals surface area contributed by atoms with Crippen LogP contribution >= 0.6 is 0 Å². The van der Waals surface area contributed by atoms with E-state index in [0.29, 0.717) is 17.9 Å². The third-order valence-corrected chi connectivity index (χ3v) is 4.48. The van der Waals surface area contributed by atoms with Gasteiger partial charge in [0.15, 0.2) is 0 Å². The smallest absolute Gasteiger partial charge is 0.217 e. The topological polar surface area (TPSA) is 35.1 Å². The van der Waals surface area contributed by atoms with E-state index >= 15 is 0 Å². The van der Waals surface area contributed by atoms with Crippen LogP contribution in [-0.4, -0.2) is 14.8 Å². The molecule has 0 aliphatic heterocycles. The lowest BCUT2D eigenvalue weighted by Crippen LogP contribution is -2.01. The second-order valence-electron chi connectivity index (χ2n) is 6.40. The quantitative estimate of drug-likeness (QED) is 0.474. The van der Waals surface area contributed by atoms with E-state index < -0.39 is 0 Å². The molecule has 0 aliphatic carbocycles. The van der Waals surface area contributed by atoms with Crippen LogP contribution in [0.5, 0.6) is 0 Å². The van der Waals surface area contributed by atoms with Gasteiger partial charge in [0, 0.05) is 11.1 Å². The summed E-state index contributed by atoms with van der Waals surface area (Å²) in [5.41, 5.74) is 6.07. The fourth-order valence-electron chi connectivity index (χ4n) is 3.32. The maximum atomic E-state index is 7.59. The monoisotopic (exact) mass is 338 g/mol. The summed E-state index contributed by atoms with van der Waals surface area (Å²) in [6, 6.07) is 20.3. The Bertz CT molecular complexity index is 1130. The van der Waals surface area contributed by atoms with E-state index in [2.05, 4.69) is 28.0 Å². The molecule has 0 amide bonds. The number of aryl methyl sites for hydroxylation is 2. The van der Waals surface area contributed by atoms with E-state index in [1.54, 1.807) is 0 Å². The second kappa shape index (κ2) is 6.45. The molecule has 0 bridgehead atoms. The molecule has 0 radical (unpaired) electrons. The Labute approximate surface area is 152 Å². The number of nitrogens with zero attached hydrogens (tertiary/aromatic N) is 4. The van der Waals surface area contributed by atoms with Crippen LogP contribution < -0.4 is 0 Å². The average molecular weight is 338 g/mol. The zero-order valence-corrected chi connectivity index (χ0v) is 14.8. The highest BCUT2D eigenvalue weighted by Crippen LogP contribution is 2.35. The van der Waals surface area contributed by atoms with Crippen molar-refractivity contribution in [1.29, 1.82) is 0 Å². The van der Waals surface area contributed by atoms with Crippen LogP contribution in [0.4, 0.5) is 5.69 Å². The number of aromatic nitrogens is 3. The highest BCUT2D eigenvalue weighted by atomic mass is 15.3. The molecule has 2 heterocycles. The van der Waals surface area contributed by atoms with Gasteiger partial charge in [0.05, 0.1) is 24.3 Å². The molecular weight excluding hydrogens is 320 g/mol. The Kier molecular flexibility index (Phi) is 3.98. The predicted octanol–water partition coefficient (Wildman–Crippen LogP) is 5.31. The second-order valence-corrected chi connectivity index (χ2v) is 6.40. The normalized spacial score (nSPS) is 10.8. The van der Waals surface area contributed by atoms with Gasteiger partial charge >= 0.3 is 0 Å². The summed E-state index contributed by atoms with van der Waals surface area (Å²) >= 11 is 0. The van der Waals surface area contributed by atoms with E-state index in [4.69, 9.17) is 11.7 Å². The van der Waals surface area contributed by atoms with Gasteiger partial charge in [-0.2, -0.15) is 5.10 Å². The van der Waals surface area contributed by atoms with Gasteiger partial charge in [-0.25, -0.2) is 4.85 Å². The minimum atomic E-state index is 0.575. The molecule has 0 spiro atoms. The van der Waals surface area contributed by atoms with Crippen LogP contribution in [0.25, 0.3) is 27.1 Å². The third-order valence-electron chi connectivity index (χ3n) is 4.48. The molecule has 126 valence electrons. The summed E-state index contributed by atoms with van der Waals surface area (Å²) in [5.74, 6) is 0. The summed E-state index contributed by atoms with van der Waals surface area (Å²) in [7, 11) is 0. The molecule has 0 aliphatic rings. The van der Waals surface area contributed by atoms with Crippen LogP contribution in [0.3, 0.4) is 0 Å². The summed E-state index contributed by atoms with van der Waals surface area (Å²) in [5, 5.41) is 5.88. The largest absolute Gasteiger partial charge is 0.263 e. The number of hydrogen-bond acceptors (Lipinski definition) is 2. The van der Waals surface area contributed by atoms with Crippen LogP contribution in [-0.2, 0) is 6.54 Å². The van der Waals surface area contributed by atoms with Crippen molar-refractivity contribution in [3.63, 3.8) is 0 Å². The number of fused-ring (bicyclic) bond motifs is 1. The molecular formula is C22H18N4. The van der Waals surface area contributed by atoms with Gasteiger partial charge in [-0.05, 0) is 37.1 Å². The van der Waals surface area contributed by atoms with Gasteiger partial charge in [-0.3, -0.25) is 9.67 Å². The maximum Gasteiger partial charge on any atom is 0.217 e. The molecule has 4 rings (SSSR count). The first-order valence-corrected chi connectivity index (χ1v) is 8.53. The Morgan fingerprint density at radius 1 is 0.962 bits per heavy atom. The standard InChI is InChI=1S/C22H18N4/c1-15-13-16(2)24-22(20(15)23-3)21-18-11-7-8-12-19(18)26(25-21)14-17-9-5-4-6-10-17/h4-13H,14H2,1-2H3. The molecule has 4 aromatic rings. The number of rotatable bonds is 3. The summed E-state index contributed by atoms with van der Waals surface area (Å²) in [6.45, 7) is 12.2. The van der Waals surface area contributed by atoms with Crippen molar-refractivity contribution in [2.45, 2.75) is 20.4 Å². The Balaban J connectivity index is 1.94. The average Bonchev–Trinajstić information content (AvgIpc) is 3.01. The molecule has 0 atom stereocenters. The van der Waals surface area contributed by atoms with Crippen LogP contribution in [0.15, 0.2) is 60.7 Å². The molecule has 0 fully saturated rings. The van der Waals surface area contributed by atoms with Crippen molar-refractivity contribution in [2.75, 3.05) is 0 Å². The molecule has 0 saturated carbocycles. The lowest BCUT2D eigenvalue weighted by molar-refractivity contribution is 0.714. The van der Waals surface area contributed by atoms with E-state index in [1.807, 2.05) is 61.0 Å². The van der Waals surface area contributed by atoms with Gasteiger partial charge in [-0.1, -0.05) is 48.5 Å². The van der Waals surface area contributed by atoms with E-state index in [9.17, 15) is 0 Å². The van der Waals surface area contributed by atoms with Crippen LogP contribution in [0.1, 0.15) is 16.8 Å². The van der Waals surface area contributed by atoms with E-state index in [1.165, 1.54) is 5.56 Å². The zero-order valence-electron chi connectivity index (χ0n) is 14.8. The highest BCUT2D eigenvalue weighted by Gasteiger charge is 2.18. The van der Waals surface area contributed by atoms with Gasteiger partial charge in [0.25, 0.3) is 0 Å². The molecule has 4 heteroatoms. The van der Waals surface area contributed by atoms with Gasteiger partial charge in [0.2, 0.25) is 5.69 Å². The fourth-order valence-corrected chi connectivity index (χ4v) is 3.32. The van der Waals surface area contributed by atoms with Crippen LogP contribution in [0, 0.1) is 20.4 Å². The number of pyridine rings is 1. The fraction of sp³-hybridized carbons (Fsp3) is 0.136. The Hall–Kier alpha value is -3.45. The lowest BCUT2D eigenvalue weighted by Gasteiger charge is -2.06. The Morgan fingerprint density at radius 3 is 2.46 bits per heavy atom. The van der Waals surface area contributed by atoms with E-state index in [0.717, 1.165) is 27.9 Å². The zero-order chi connectivity index (χ0) is 18.1. The number of hydrogen-bond donors (Lipinski definition) is 0. The van der Waals surface area contributed by atoms with Crippen molar-refractivity contribution < 1.29 is 0 Å². The molecule has 2 aromatic heterocycles. The molecule has 26 heavy (non-hydrogen) atoms. The van der Waals surface area contributed by atoms with Gasteiger partial charge < -0.3 is 0 Å². The van der Waals surface area contributed by atoms with Gasteiger partial charge in [-0.15, -0.1) is 0 Å². The minimum Gasteiger partial charge on any atom is -0.263 e. The maximum absolute atomic E-state index is 7.59. The first kappa shape index (κ1) is 16.0. The first-order valence-electron chi connectivity index (χ1n) is 8.53. The molecule has 0 saturated heterocycles. The number of benzene rings is 2. The molecule has 4 nitrogen and oxygen atoms in total. The summed E-state index contributed by atoms with van der Waals surface area (Å²) in [6.07, 6.45) is 0. The van der Waals surface area contributed by atoms with E-state index in [-0.39, 0.29) is 0 Å². The molecule has 2 aromatic carbocycles. The highest BCUT2D eigenvalue weighted by molar-refractivity contribution is 5.96. The third kappa shape index (κ3) is 2.74. The Morgan fingerprint density at radius 2 is 1.69 bits per heavy atom.